The molecule has 4 aromatic rings. The van der Waals surface area contributed by atoms with Crippen molar-refractivity contribution in [3.05, 3.63) is 127 Å². The molecule has 9 rings (SSSR count). The van der Waals surface area contributed by atoms with Crippen molar-refractivity contribution in [1.29, 1.82) is 0 Å². The van der Waals surface area contributed by atoms with Crippen LogP contribution in [0.2, 0.25) is 10.0 Å². The zero-order valence-electron chi connectivity index (χ0n) is 33.0. The van der Waals surface area contributed by atoms with Crippen LogP contribution in [0, 0.1) is 23.7 Å². The van der Waals surface area contributed by atoms with Gasteiger partial charge in [-0.3, -0.25) is 34.4 Å². The zero-order chi connectivity index (χ0) is 43.8. The summed E-state index contributed by atoms with van der Waals surface area (Å²) in [6.45, 7) is 2.13. The van der Waals surface area contributed by atoms with Crippen LogP contribution in [0.15, 0.2) is 95.1 Å². The number of carbonyl (C=O) groups excluding carboxylic acids is 4. The molecule has 6 atom stereocenters. The number of nitrogens with zero attached hydrogens (tertiary/aromatic N) is 4. The van der Waals surface area contributed by atoms with Crippen molar-refractivity contribution in [1.82, 2.24) is 19.8 Å². The topological polar surface area (TPSA) is 132 Å². The van der Waals surface area contributed by atoms with E-state index in [1.165, 1.54) is 17.6 Å². The number of rotatable bonds is 8. The molecule has 1 aromatic heterocycles. The number of aromatic hydroxyl groups is 1. The largest absolute Gasteiger partial charge is 0.504 e. The molecule has 5 aliphatic rings. The maximum absolute atomic E-state index is 15.5. The van der Waals surface area contributed by atoms with Gasteiger partial charge in [-0.15, -0.1) is 0 Å². The van der Waals surface area contributed by atoms with Gasteiger partial charge in [-0.1, -0.05) is 93.2 Å². The molecule has 0 unspecified atom stereocenters. The summed E-state index contributed by atoms with van der Waals surface area (Å²) in [5, 5.41) is 12.6. The van der Waals surface area contributed by atoms with Crippen molar-refractivity contribution in [2.75, 3.05) is 25.6 Å². The first-order valence-corrected chi connectivity index (χ1v) is 21.7. The molecule has 3 saturated heterocycles. The monoisotopic (exact) mass is 951 g/mol. The molecular weight excluding hydrogens is 914 g/mol. The zero-order valence-corrected chi connectivity index (χ0v) is 36.1. The number of methoxy groups -OCH3 is 1. The van der Waals surface area contributed by atoms with Crippen molar-refractivity contribution >= 4 is 68.6 Å². The third-order valence-electron chi connectivity index (χ3n) is 13.4. The Bertz CT molecular complexity index is 2520. The fraction of sp³-hybridized carbons (Fsp3) is 0.356. The van der Waals surface area contributed by atoms with E-state index in [1.54, 1.807) is 36.4 Å². The third kappa shape index (κ3) is 6.86. The molecule has 4 amide bonds. The van der Waals surface area contributed by atoms with E-state index in [0.717, 1.165) is 6.54 Å². The highest BCUT2D eigenvalue weighted by atomic mass is 79.9. The Balaban J connectivity index is 1.14. The molecule has 17 heteroatoms. The summed E-state index contributed by atoms with van der Waals surface area (Å²) in [6.07, 6.45) is -1.05. The number of allylic oxidation sites excluding steroid dienone is 2. The van der Waals surface area contributed by atoms with Gasteiger partial charge in [0.15, 0.2) is 17.3 Å². The van der Waals surface area contributed by atoms with Crippen molar-refractivity contribution in [2.45, 2.75) is 55.8 Å². The first-order chi connectivity index (χ1) is 29.6. The molecule has 3 aliphatic heterocycles. The summed E-state index contributed by atoms with van der Waals surface area (Å²) in [7, 11) is 1.37. The van der Waals surface area contributed by atoms with Crippen molar-refractivity contribution < 1.29 is 42.2 Å². The minimum absolute atomic E-state index is 0.0582. The molecule has 2 N–H and O–H groups in total. The third-order valence-corrected chi connectivity index (χ3v) is 14.4. The van der Waals surface area contributed by atoms with E-state index < -0.39 is 63.6 Å². The highest BCUT2D eigenvalue weighted by Crippen LogP contribution is 2.65. The van der Waals surface area contributed by atoms with Crippen LogP contribution in [0.4, 0.5) is 19.0 Å². The van der Waals surface area contributed by atoms with E-state index in [4.69, 9.17) is 27.9 Å². The molecule has 4 heterocycles. The Hall–Kier alpha value is -4.96. The lowest BCUT2D eigenvalue weighted by Gasteiger charge is -2.50. The number of phenolic OH excluding ortho intramolecular Hbond substituents is 1. The molecule has 3 aromatic carbocycles. The Morgan fingerprint density at radius 3 is 2.32 bits per heavy atom. The van der Waals surface area contributed by atoms with Gasteiger partial charge in [0.25, 0.3) is 11.8 Å². The van der Waals surface area contributed by atoms with Gasteiger partial charge in [-0.2, -0.15) is 18.2 Å². The first-order valence-electron chi connectivity index (χ1n) is 20.2. The van der Waals surface area contributed by atoms with Gasteiger partial charge in [0.2, 0.25) is 11.8 Å². The SMILES string of the molecule is COc1cc(Br)cc([C@H]2C3=CC[C@@H]4C(=O)N(C5CCN(Cc6ccccc6)CC5)C(=O)[C@@H]4[C@@H]3C[C@H]3C(=O)N(Nc4ncc(C(F)(F)F)cc4Cl)C(=O)[C@@]23c2ccc(Cl)cc2)c1O. The number of hydrogen-bond acceptors (Lipinski definition) is 9. The van der Waals surface area contributed by atoms with Crippen LogP contribution in [0.5, 0.6) is 11.5 Å². The molecule has 0 bridgehead atoms. The van der Waals surface area contributed by atoms with Gasteiger partial charge >= 0.3 is 6.18 Å². The molecule has 62 heavy (non-hydrogen) atoms. The fourth-order valence-electron chi connectivity index (χ4n) is 10.7. The van der Waals surface area contributed by atoms with Crippen molar-refractivity contribution in [3.63, 3.8) is 0 Å². The number of carbonyl (C=O) groups is 4. The van der Waals surface area contributed by atoms with E-state index in [0.29, 0.717) is 63.8 Å². The van der Waals surface area contributed by atoms with Gasteiger partial charge in [-0.05, 0) is 73.1 Å². The molecule has 2 aliphatic carbocycles. The number of phenols is 1. The Morgan fingerprint density at radius 2 is 1.66 bits per heavy atom. The minimum atomic E-state index is -4.77. The quantitative estimate of drug-likeness (QED) is 0.132. The number of ether oxygens (including phenoxy) is 1. The lowest BCUT2D eigenvalue weighted by molar-refractivity contribution is -0.144. The highest BCUT2D eigenvalue weighted by molar-refractivity contribution is 9.10. The number of piperidine rings is 1. The van der Waals surface area contributed by atoms with E-state index in [2.05, 4.69) is 43.4 Å². The Kier molecular flexibility index (Phi) is 10.9. The fourth-order valence-corrected chi connectivity index (χ4v) is 11.4. The molecule has 11 nitrogen and oxygen atoms in total. The average Bonchev–Trinajstić information content (AvgIpc) is 3.63. The highest BCUT2D eigenvalue weighted by Gasteiger charge is 2.71. The van der Waals surface area contributed by atoms with Gasteiger partial charge in [0, 0.05) is 52.8 Å². The number of imide groups is 2. The van der Waals surface area contributed by atoms with Crippen LogP contribution in [0.3, 0.4) is 0 Å². The number of halogens is 6. The van der Waals surface area contributed by atoms with Crippen molar-refractivity contribution in [3.8, 4) is 11.5 Å². The minimum Gasteiger partial charge on any atom is -0.504 e. The lowest BCUT2D eigenvalue weighted by Crippen LogP contribution is -2.53. The van der Waals surface area contributed by atoms with Gasteiger partial charge in [0.05, 0.1) is 40.9 Å². The van der Waals surface area contributed by atoms with Crippen molar-refractivity contribution in [2.24, 2.45) is 23.7 Å². The number of likely N-dealkylation sites (tertiary alicyclic amines) is 2. The number of fused-ring (bicyclic) bond motifs is 4. The molecule has 0 spiro atoms. The van der Waals surface area contributed by atoms with Crippen LogP contribution < -0.4 is 10.2 Å². The molecular formula is C45H39BrCl2F3N5O6. The van der Waals surface area contributed by atoms with Crippen LogP contribution in [-0.2, 0) is 37.3 Å². The number of nitrogens with one attached hydrogen (secondary N) is 1. The van der Waals surface area contributed by atoms with Gasteiger partial charge in [-0.25, -0.2) is 4.98 Å². The van der Waals surface area contributed by atoms with Gasteiger partial charge in [0.1, 0.15) is 0 Å². The number of hydrazine groups is 1. The van der Waals surface area contributed by atoms with Crippen LogP contribution >= 0.6 is 39.1 Å². The number of benzene rings is 3. The summed E-state index contributed by atoms with van der Waals surface area (Å²) >= 11 is 16.2. The predicted octanol–water partition coefficient (Wildman–Crippen LogP) is 8.53. The average molecular weight is 954 g/mol. The normalized spacial score (nSPS) is 26.6. The van der Waals surface area contributed by atoms with E-state index in [-0.39, 0.29) is 53.6 Å². The maximum atomic E-state index is 15.5. The molecule has 1 saturated carbocycles. The second-order valence-corrected chi connectivity index (χ2v) is 18.3. The number of pyridine rings is 1. The van der Waals surface area contributed by atoms with Gasteiger partial charge < -0.3 is 9.84 Å². The predicted molar refractivity (Wildman–Crippen MR) is 226 cm³/mol. The number of aromatic nitrogens is 1. The number of anilines is 1. The summed E-state index contributed by atoms with van der Waals surface area (Å²) in [4.78, 5) is 67.5. The second kappa shape index (κ2) is 16.0. The van der Waals surface area contributed by atoms with E-state index in [9.17, 15) is 27.9 Å². The number of hydrogen-bond donors (Lipinski definition) is 2. The van der Waals surface area contributed by atoms with Crippen LogP contribution in [0.1, 0.15) is 53.9 Å². The van der Waals surface area contributed by atoms with E-state index >= 15 is 9.59 Å². The molecule has 322 valence electrons. The maximum Gasteiger partial charge on any atom is 0.417 e. The summed E-state index contributed by atoms with van der Waals surface area (Å²) in [5.41, 5.74) is 1.97. The summed E-state index contributed by atoms with van der Waals surface area (Å²) < 4.78 is 46.8. The molecule has 0 radical (unpaired) electrons. The molecule has 4 fully saturated rings. The van der Waals surface area contributed by atoms with Crippen LogP contribution in [0.25, 0.3) is 0 Å². The second-order valence-electron chi connectivity index (χ2n) is 16.5. The Labute approximate surface area is 372 Å². The lowest BCUT2D eigenvalue weighted by atomic mass is 9.49. The summed E-state index contributed by atoms with van der Waals surface area (Å²) in [5.74, 6) is -7.52. The standard InChI is InChI=1S/C45H39BrCl2F3N5O6/c1-62-35-19-26(46)18-32(38(35)57)37-29-11-12-30-36(42(60)55(40(30)58)28-13-15-54(16-14-28)22-23-5-3-2-4-6-23)31(29)20-33-41(59)56(43(61)44(33,37)24-7-9-27(47)10-8-24)53-39-34(48)17-25(21-52-39)45(49,50)51/h2-11,17-19,21,28,30-31,33,36-37,57H,12-16,20,22H2,1H3,(H,52,53)/t30-,31+,33-,36-,37+,44+/m0/s1. The Morgan fingerprint density at radius 1 is 0.952 bits per heavy atom. The first kappa shape index (κ1) is 42.3. The smallest absolute Gasteiger partial charge is 0.417 e. The van der Waals surface area contributed by atoms with E-state index in [1.807, 2.05) is 24.3 Å². The van der Waals surface area contributed by atoms with Crippen LogP contribution in [-0.4, -0.2) is 74.8 Å². The summed E-state index contributed by atoms with van der Waals surface area (Å²) in [6, 6.07) is 20.0. The number of alkyl halides is 3. The number of amides is 4.